The lowest BCUT2D eigenvalue weighted by atomic mass is 10.1. The third-order valence-electron chi connectivity index (χ3n) is 0.243. The van der Waals surface area contributed by atoms with Crippen molar-refractivity contribution in [1.82, 2.24) is 0 Å². The molecule has 0 fully saturated rings. The standard InChI is InChI=1S/B2H4O5/c3-1(4)7-2(5)6/h3-6H. The zero-order valence-corrected chi connectivity index (χ0v) is 3.35. The molecule has 4 N–H and O–H groups in total. The van der Waals surface area contributed by atoms with Gasteiger partial charge in [-0.3, -0.25) is 0 Å². The minimum atomic E-state index is -2.13. The van der Waals surface area contributed by atoms with Crippen LogP contribution in [0.25, 0.3) is 0 Å². The number of rotatable bonds is 2. The minimum absolute atomic E-state index is 2.12. The first-order valence-corrected chi connectivity index (χ1v) is 1.50. The predicted octanol–water partition coefficient (Wildman–Crippen LogP) is -3.06. The maximum Gasteiger partial charge on any atom is 0.621 e. The molecule has 5 nitrogen and oxygen atoms in total. The van der Waals surface area contributed by atoms with E-state index >= 15 is 0 Å². The van der Waals surface area contributed by atoms with Crippen molar-refractivity contribution in [1.29, 1.82) is 0 Å². The zero-order valence-electron chi connectivity index (χ0n) is 3.35. The van der Waals surface area contributed by atoms with Gasteiger partial charge in [0.05, 0.1) is 0 Å². The molecular weight excluding hydrogens is 102 g/mol. The summed E-state index contributed by atoms with van der Waals surface area (Å²) in [5.74, 6) is 0. The first-order chi connectivity index (χ1) is 3.13. The summed E-state index contributed by atoms with van der Waals surface area (Å²) in [5, 5.41) is 30.9. The molecule has 0 aliphatic rings. The van der Waals surface area contributed by atoms with E-state index in [1.807, 2.05) is 0 Å². The summed E-state index contributed by atoms with van der Waals surface area (Å²) in [7, 11) is -4.25. The second kappa shape index (κ2) is 3.00. The average molecular weight is 106 g/mol. The van der Waals surface area contributed by atoms with E-state index in [4.69, 9.17) is 20.1 Å². The lowest BCUT2D eigenvalue weighted by molar-refractivity contribution is 0.213. The lowest BCUT2D eigenvalue weighted by Gasteiger charge is -1.95. The van der Waals surface area contributed by atoms with Crippen molar-refractivity contribution in [3.63, 3.8) is 0 Å². The predicted molar refractivity (Wildman–Crippen MR) is 21.5 cm³/mol. The van der Waals surface area contributed by atoms with E-state index in [9.17, 15) is 0 Å². The smallest absolute Gasteiger partial charge is 0.402 e. The second-order valence-corrected chi connectivity index (χ2v) is 0.789. The van der Waals surface area contributed by atoms with Crippen molar-refractivity contribution in [3.8, 4) is 0 Å². The Morgan fingerprint density at radius 2 is 1.14 bits per heavy atom. The highest BCUT2D eigenvalue weighted by Gasteiger charge is 2.18. The van der Waals surface area contributed by atoms with Gasteiger partial charge in [0.1, 0.15) is 0 Å². The van der Waals surface area contributed by atoms with Gasteiger partial charge in [0.25, 0.3) is 0 Å². The highest BCUT2D eigenvalue weighted by molar-refractivity contribution is 6.48. The highest BCUT2D eigenvalue weighted by Crippen LogP contribution is 1.73. The summed E-state index contributed by atoms with van der Waals surface area (Å²) in [4.78, 5) is 0. The minimum Gasteiger partial charge on any atom is -0.402 e. The fraction of sp³-hybridized carbons (Fsp3) is 0. The Balaban J connectivity index is 2.95. The number of hydrogen-bond donors (Lipinski definition) is 4. The molecule has 40 valence electrons. The van der Waals surface area contributed by atoms with Crippen LogP contribution in [0.15, 0.2) is 0 Å². The van der Waals surface area contributed by atoms with Crippen LogP contribution in [0.4, 0.5) is 0 Å². The molecule has 0 bridgehead atoms. The molecule has 7 heteroatoms. The molecule has 0 unspecified atom stereocenters. The molecule has 0 atom stereocenters. The molecule has 0 aromatic carbocycles. The van der Waals surface area contributed by atoms with Crippen LogP contribution in [0.3, 0.4) is 0 Å². The monoisotopic (exact) mass is 106 g/mol. The van der Waals surface area contributed by atoms with Crippen LogP contribution in [0.1, 0.15) is 0 Å². The lowest BCUT2D eigenvalue weighted by Crippen LogP contribution is -2.28. The van der Waals surface area contributed by atoms with Crippen LogP contribution in [0.5, 0.6) is 0 Å². The summed E-state index contributed by atoms with van der Waals surface area (Å²) in [6.45, 7) is 0. The Bertz CT molecular complexity index is 35.3. The maximum absolute atomic E-state index is 7.74. The van der Waals surface area contributed by atoms with E-state index in [0.717, 1.165) is 0 Å². The van der Waals surface area contributed by atoms with Gasteiger partial charge in [-0.15, -0.1) is 0 Å². The fourth-order valence-corrected chi connectivity index (χ4v) is 0.109. The van der Waals surface area contributed by atoms with E-state index in [2.05, 4.69) is 4.57 Å². The first kappa shape index (κ1) is 6.93. The van der Waals surface area contributed by atoms with Crippen LogP contribution in [-0.4, -0.2) is 34.7 Å². The fourth-order valence-electron chi connectivity index (χ4n) is 0.109. The summed E-state index contributed by atoms with van der Waals surface area (Å²) in [6.07, 6.45) is 0. The van der Waals surface area contributed by atoms with E-state index in [0.29, 0.717) is 0 Å². The highest BCUT2D eigenvalue weighted by atomic mass is 16.7. The zero-order chi connectivity index (χ0) is 5.86. The second-order valence-electron chi connectivity index (χ2n) is 0.789. The van der Waals surface area contributed by atoms with Gasteiger partial charge in [-0.1, -0.05) is 0 Å². The Hall–Kier alpha value is -0.0701. The van der Waals surface area contributed by atoms with Crippen molar-refractivity contribution in [2.45, 2.75) is 0 Å². The summed E-state index contributed by atoms with van der Waals surface area (Å²) in [5.41, 5.74) is 0. The molecule has 0 aromatic rings. The van der Waals surface area contributed by atoms with Gasteiger partial charge < -0.3 is 24.7 Å². The van der Waals surface area contributed by atoms with Crippen molar-refractivity contribution in [2.24, 2.45) is 0 Å². The van der Waals surface area contributed by atoms with Gasteiger partial charge in [0.15, 0.2) is 0 Å². The maximum atomic E-state index is 7.74. The summed E-state index contributed by atoms with van der Waals surface area (Å²) in [6, 6.07) is 0. The van der Waals surface area contributed by atoms with Crippen LogP contribution in [-0.2, 0) is 4.57 Å². The molecule has 0 amide bonds. The average Bonchev–Trinajstić information content (AvgIpc) is 1.27. The quantitative estimate of drug-likeness (QED) is 0.280. The Morgan fingerprint density at radius 3 is 1.14 bits per heavy atom. The molecule has 0 heterocycles. The first-order valence-electron chi connectivity index (χ1n) is 1.50. The van der Waals surface area contributed by atoms with E-state index in [1.54, 1.807) is 0 Å². The molecule has 0 saturated carbocycles. The van der Waals surface area contributed by atoms with E-state index in [1.165, 1.54) is 0 Å². The van der Waals surface area contributed by atoms with Crippen LogP contribution < -0.4 is 0 Å². The topological polar surface area (TPSA) is 90.2 Å². The van der Waals surface area contributed by atoms with Gasteiger partial charge in [-0.2, -0.15) is 0 Å². The SMILES string of the molecule is OB(O)OB(O)O. The van der Waals surface area contributed by atoms with Gasteiger partial charge in [-0.05, 0) is 0 Å². The van der Waals surface area contributed by atoms with E-state index < -0.39 is 14.6 Å². The summed E-state index contributed by atoms with van der Waals surface area (Å²) < 4.78 is 3.47. The van der Waals surface area contributed by atoms with Gasteiger partial charge in [0.2, 0.25) is 0 Å². The van der Waals surface area contributed by atoms with Crippen LogP contribution in [0, 0.1) is 0 Å². The molecule has 0 aromatic heterocycles. The van der Waals surface area contributed by atoms with Crippen LogP contribution >= 0.6 is 0 Å². The van der Waals surface area contributed by atoms with E-state index in [-0.39, 0.29) is 0 Å². The van der Waals surface area contributed by atoms with Crippen molar-refractivity contribution in [3.05, 3.63) is 0 Å². The number of hydrogen-bond acceptors (Lipinski definition) is 5. The molecule has 0 aliphatic carbocycles. The van der Waals surface area contributed by atoms with Gasteiger partial charge in [0, 0.05) is 0 Å². The molecule has 0 rings (SSSR count). The Kier molecular flexibility index (Phi) is 2.97. The van der Waals surface area contributed by atoms with Crippen molar-refractivity contribution >= 4 is 14.6 Å². The third-order valence-corrected chi connectivity index (χ3v) is 0.243. The third kappa shape index (κ3) is 5.93. The Labute approximate surface area is 40.5 Å². The Morgan fingerprint density at radius 1 is 0.857 bits per heavy atom. The molecule has 0 saturated heterocycles. The molecule has 0 radical (unpaired) electrons. The van der Waals surface area contributed by atoms with Crippen molar-refractivity contribution in [2.75, 3.05) is 0 Å². The molecule has 0 spiro atoms. The normalized spacial score (nSPS) is 8.57. The molecule has 0 aliphatic heterocycles. The largest absolute Gasteiger partial charge is 0.621 e. The van der Waals surface area contributed by atoms with Crippen LogP contribution in [0.2, 0.25) is 0 Å². The molecule has 7 heavy (non-hydrogen) atoms. The molecular formula is H4B2O5. The van der Waals surface area contributed by atoms with Gasteiger partial charge >= 0.3 is 14.6 Å². The van der Waals surface area contributed by atoms with Gasteiger partial charge in [-0.25, -0.2) is 0 Å². The van der Waals surface area contributed by atoms with Crippen molar-refractivity contribution < 1.29 is 24.7 Å². The summed E-state index contributed by atoms with van der Waals surface area (Å²) >= 11 is 0.